The summed E-state index contributed by atoms with van der Waals surface area (Å²) >= 11 is 0. The Balaban J connectivity index is 0.00000312. The number of nitrogens with zero attached hydrogens (tertiary/aromatic N) is 2. The van der Waals surface area contributed by atoms with Crippen molar-refractivity contribution in [1.82, 2.24) is 4.90 Å². The zero-order valence-electron chi connectivity index (χ0n) is 14.9. The summed E-state index contributed by atoms with van der Waals surface area (Å²) in [5.41, 5.74) is 6.71. The van der Waals surface area contributed by atoms with E-state index in [-0.39, 0.29) is 30.0 Å². The molecule has 1 aromatic heterocycles. The first-order valence-corrected chi connectivity index (χ1v) is 7.54. The first-order valence-electron chi connectivity index (χ1n) is 7.54. The summed E-state index contributed by atoms with van der Waals surface area (Å²) in [5, 5.41) is 3.05. The summed E-state index contributed by atoms with van der Waals surface area (Å²) < 4.78 is 16.0. The standard InChI is InChI=1S/C17H24N4O3.HI/c1-21(2)14(16-6-5-9-24-16)11-19-17(18)20-13-10-12(22-3)7-8-15(13)23-4;/h5-10,14H,11H2,1-4H3,(H3,18,19,20);1H. The predicted molar refractivity (Wildman–Crippen MR) is 110 cm³/mol. The minimum absolute atomic E-state index is 0. The number of hydrogen-bond donors (Lipinski definition) is 2. The van der Waals surface area contributed by atoms with Crippen molar-refractivity contribution < 1.29 is 13.9 Å². The Morgan fingerprint density at radius 3 is 2.60 bits per heavy atom. The van der Waals surface area contributed by atoms with Gasteiger partial charge in [0, 0.05) is 6.07 Å². The van der Waals surface area contributed by atoms with Crippen LogP contribution in [0.5, 0.6) is 11.5 Å². The number of methoxy groups -OCH3 is 2. The molecule has 0 aliphatic heterocycles. The van der Waals surface area contributed by atoms with E-state index in [4.69, 9.17) is 19.6 Å². The largest absolute Gasteiger partial charge is 0.497 e. The topological polar surface area (TPSA) is 85.2 Å². The predicted octanol–water partition coefficient (Wildman–Crippen LogP) is 2.94. The SMILES string of the molecule is COc1ccc(OC)c(NC(N)=NCC(c2ccco2)N(C)C)c1.I. The average molecular weight is 460 g/mol. The van der Waals surface area contributed by atoms with Crippen molar-refractivity contribution >= 4 is 35.6 Å². The van der Waals surface area contributed by atoms with Gasteiger partial charge in [-0.3, -0.25) is 9.89 Å². The van der Waals surface area contributed by atoms with E-state index in [2.05, 4.69) is 10.3 Å². The fourth-order valence-electron chi connectivity index (χ4n) is 2.26. The summed E-state index contributed by atoms with van der Waals surface area (Å²) in [6.45, 7) is 0.464. The smallest absolute Gasteiger partial charge is 0.193 e. The maximum Gasteiger partial charge on any atom is 0.193 e. The van der Waals surface area contributed by atoms with Gasteiger partial charge in [0.05, 0.1) is 38.8 Å². The third kappa shape index (κ3) is 5.82. The van der Waals surface area contributed by atoms with Crippen molar-refractivity contribution in [2.24, 2.45) is 10.7 Å². The quantitative estimate of drug-likeness (QED) is 0.376. The molecule has 0 saturated heterocycles. The van der Waals surface area contributed by atoms with E-state index < -0.39 is 0 Å². The van der Waals surface area contributed by atoms with Crippen molar-refractivity contribution in [2.45, 2.75) is 6.04 Å². The molecule has 1 atom stereocenters. The van der Waals surface area contributed by atoms with Crippen molar-refractivity contribution in [3.8, 4) is 11.5 Å². The molecule has 8 heteroatoms. The monoisotopic (exact) mass is 460 g/mol. The third-order valence-corrected chi connectivity index (χ3v) is 3.60. The first-order chi connectivity index (χ1) is 11.5. The number of rotatable bonds is 7. The van der Waals surface area contributed by atoms with Gasteiger partial charge in [0.1, 0.15) is 17.3 Å². The number of guanidine groups is 1. The Morgan fingerprint density at radius 1 is 1.28 bits per heavy atom. The van der Waals surface area contributed by atoms with Gasteiger partial charge in [-0.1, -0.05) is 0 Å². The zero-order valence-corrected chi connectivity index (χ0v) is 17.2. The van der Waals surface area contributed by atoms with E-state index in [1.54, 1.807) is 32.6 Å². The molecule has 0 aliphatic carbocycles. The molecule has 138 valence electrons. The Morgan fingerprint density at radius 2 is 2.04 bits per heavy atom. The molecule has 2 rings (SSSR count). The molecule has 7 nitrogen and oxygen atoms in total. The van der Waals surface area contributed by atoms with Crippen LogP contribution in [0.3, 0.4) is 0 Å². The van der Waals surface area contributed by atoms with Gasteiger partial charge in [-0.25, -0.2) is 0 Å². The highest BCUT2D eigenvalue weighted by atomic mass is 127. The number of benzene rings is 1. The van der Waals surface area contributed by atoms with E-state index in [0.29, 0.717) is 29.7 Å². The van der Waals surface area contributed by atoms with Gasteiger partial charge < -0.3 is 24.9 Å². The molecule has 1 aromatic carbocycles. The van der Waals surface area contributed by atoms with E-state index >= 15 is 0 Å². The van der Waals surface area contributed by atoms with Crippen LogP contribution in [0.4, 0.5) is 5.69 Å². The molecule has 1 unspecified atom stereocenters. The maximum absolute atomic E-state index is 6.02. The van der Waals surface area contributed by atoms with Gasteiger partial charge >= 0.3 is 0 Å². The van der Waals surface area contributed by atoms with E-state index in [1.165, 1.54) is 0 Å². The van der Waals surface area contributed by atoms with Crippen LogP contribution in [0.2, 0.25) is 0 Å². The van der Waals surface area contributed by atoms with E-state index in [9.17, 15) is 0 Å². The van der Waals surface area contributed by atoms with Gasteiger partial charge in [0.25, 0.3) is 0 Å². The normalized spacial score (nSPS) is 12.4. The first kappa shape index (κ1) is 21.1. The second-order valence-corrected chi connectivity index (χ2v) is 5.41. The van der Waals surface area contributed by atoms with Crippen molar-refractivity contribution in [2.75, 3.05) is 40.2 Å². The van der Waals surface area contributed by atoms with Crippen molar-refractivity contribution in [3.63, 3.8) is 0 Å². The van der Waals surface area contributed by atoms with Crippen LogP contribution in [0, 0.1) is 0 Å². The number of ether oxygens (including phenoxy) is 2. The lowest BCUT2D eigenvalue weighted by molar-refractivity contribution is 0.265. The second-order valence-electron chi connectivity index (χ2n) is 5.41. The molecular formula is C17H25IN4O3. The zero-order chi connectivity index (χ0) is 17.5. The lowest BCUT2D eigenvalue weighted by Gasteiger charge is -2.20. The molecule has 0 radical (unpaired) electrons. The van der Waals surface area contributed by atoms with E-state index in [0.717, 1.165) is 5.76 Å². The molecule has 3 N–H and O–H groups in total. The minimum Gasteiger partial charge on any atom is -0.497 e. The highest BCUT2D eigenvalue weighted by Crippen LogP contribution is 2.28. The van der Waals surface area contributed by atoms with Gasteiger partial charge in [0.2, 0.25) is 0 Å². The molecule has 0 bridgehead atoms. The average Bonchev–Trinajstić information content (AvgIpc) is 3.08. The Labute approximate surface area is 165 Å². The van der Waals surface area contributed by atoms with Crippen molar-refractivity contribution in [1.29, 1.82) is 0 Å². The van der Waals surface area contributed by atoms with Crippen LogP contribution in [-0.2, 0) is 0 Å². The molecular weight excluding hydrogens is 435 g/mol. The Bertz CT molecular complexity index is 675. The Kier molecular flexibility index (Phi) is 8.56. The van der Waals surface area contributed by atoms with Crippen LogP contribution >= 0.6 is 24.0 Å². The number of halogens is 1. The lowest BCUT2D eigenvalue weighted by atomic mass is 10.2. The molecule has 1 heterocycles. The third-order valence-electron chi connectivity index (χ3n) is 3.60. The molecule has 0 saturated carbocycles. The number of anilines is 1. The summed E-state index contributed by atoms with van der Waals surface area (Å²) in [6.07, 6.45) is 1.65. The number of nitrogens with two attached hydrogens (primary N) is 1. The van der Waals surface area contributed by atoms with E-state index in [1.807, 2.05) is 37.2 Å². The van der Waals surface area contributed by atoms with Crippen LogP contribution in [0.1, 0.15) is 11.8 Å². The number of nitrogens with one attached hydrogen (secondary N) is 1. The molecule has 0 fully saturated rings. The van der Waals surface area contributed by atoms with Crippen molar-refractivity contribution in [3.05, 3.63) is 42.4 Å². The molecule has 25 heavy (non-hydrogen) atoms. The molecule has 0 spiro atoms. The number of furan rings is 1. The van der Waals surface area contributed by atoms with Crippen LogP contribution in [0.25, 0.3) is 0 Å². The highest BCUT2D eigenvalue weighted by Gasteiger charge is 2.16. The van der Waals surface area contributed by atoms with Gasteiger partial charge in [-0.2, -0.15) is 0 Å². The highest BCUT2D eigenvalue weighted by molar-refractivity contribution is 14.0. The van der Waals surface area contributed by atoms with Crippen LogP contribution in [0.15, 0.2) is 46.0 Å². The summed E-state index contributed by atoms with van der Waals surface area (Å²) in [7, 11) is 7.14. The number of likely N-dealkylation sites (N-methyl/N-ethyl adjacent to an activating group) is 1. The molecule has 0 aliphatic rings. The van der Waals surface area contributed by atoms with Gasteiger partial charge in [-0.05, 0) is 38.4 Å². The van der Waals surface area contributed by atoms with Crippen LogP contribution in [-0.4, -0.2) is 45.7 Å². The molecule has 2 aromatic rings. The van der Waals surface area contributed by atoms with Gasteiger partial charge in [0.15, 0.2) is 5.96 Å². The van der Waals surface area contributed by atoms with Crippen LogP contribution < -0.4 is 20.5 Å². The molecule has 0 amide bonds. The summed E-state index contributed by atoms with van der Waals surface area (Å²) in [6, 6.07) is 9.22. The lowest BCUT2D eigenvalue weighted by Crippen LogP contribution is -2.27. The number of hydrogen-bond acceptors (Lipinski definition) is 5. The fraction of sp³-hybridized carbons (Fsp3) is 0.353. The minimum atomic E-state index is 0. The maximum atomic E-state index is 6.02. The summed E-state index contributed by atoms with van der Waals surface area (Å²) in [4.78, 5) is 6.44. The fourth-order valence-corrected chi connectivity index (χ4v) is 2.26. The second kappa shape index (κ2) is 10.1. The Hall–Kier alpha value is -1.94. The van der Waals surface area contributed by atoms with Gasteiger partial charge in [-0.15, -0.1) is 24.0 Å². The number of aliphatic imine (C=N–C) groups is 1. The summed E-state index contributed by atoms with van der Waals surface area (Å²) in [5.74, 6) is 2.49.